The van der Waals surface area contributed by atoms with Crippen LogP contribution in [0.4, 0.5) is 0 Å². The highest BCUT2D eigenvalue weighted by Crippen LogP contribution is 2.70. The standard InChI is InChI=1S/C25H34O6/c1-14-18-13-15(26)5-9-23(18,2)16-6-10-24(3)17(21(16)20(14)22(29)31-4)7-11-25(24,30)12-8-19(27)28/h13,16-17,20-21,30H,1,5-12H2,2-4H3,(H,27,28)/t16-,17-,20?,21+,23+,24-,25-/m0/s1. The van der Waals surface area contributed by atoms with Crippen LogP contribution in [-0.4, -0.2) is 40.6 Å². The molecule has 0 saturated heterocycles. The Morgan fingerprint density at radius 3 is 2.52 bits per heavy atom. The number of methoxy groups -OCH3 is 1. The van der Waals surface area contributed by atoms with Crippen LogP contribution in [0.5, 0.6) is 0 Å². The van der Waals surface area contributed by atoms with Crippen LogP contribution >= 0.6 is 0 Å². The van der Waals surface area contributed by atoms with Gasteiger partial charge in [-0.1, -0.05) is 20.4 Å². The second-order valence-corrected chi connectivity index (χ2v) is 10.7. The summed E-state index contributed by atoms with van der Waals surface area (Å²) in [6, 6.07) is 0. The molecule has 4 rings (SSSR count). The molecule has 31 heavy (non-hydrogen) atoms. The molecule has 0 aromatic rings. The van der Waals surface area contributed by atoms with Gasteiger partial charge < -0.3 is 14.9 Å². The first-order chi connectivity index (χ1) is 14.5. The summed E-state index contributed by atoms with van der Waals surface area (Å²) in [7, 11) is 1.39. The number of carbonyl (C=O) groups is 3. The van der Waals surface area contributed by atoms with Gasteiger partial charge >= 0.3 is 11.9 Å². The SMILES string of the molecule is C=C1C2=CC(=O)CC[C@]2(C)[C@H]2CC[C@@]3(C)[C@@H](CC[C@]3(O)CCC(=O)O)[C@@H]2C1C(=O)OC. The van der Waals surface area contributed by atoms with Crippen molar-refractivity contribution in [2.45, 2.75) is 70.8 Å². The van der Waals surface area contributed by atoms with Crippen LogP contribution in [0.25, 0.3) is 0 Å². The topological polar surface area (TPSA) is 101 Å². The van der Waals surface area contributed by atoms with Crippen LogP contribution in [-0.2, 0) is 19.1 Å². The Morgan fingerprint density at radius 2 is 1.87 bits per heavy atom. The van der Waals surface area contributed by atoms with E-state index in [9.17, 15) is 24.6 Å². The van der Waals surface area contributed by atoms with Gasteiger partial charge in [-0.25, -0.2) is 0 Å². The molecule has 6 nitrogen and oxygen atoms in total. The van der Waals surface area contributed by atoms with Crippen molar-refractivity contribution in [3.8, 4) is 0 Å². The zero-order valence-electron chi connectivity index (χ0n) is 18.8. The van der Waals surface area contributed by atoms with Gasteiger partial charge in [0.2, 0.25) is 0 Å². The predicted octanol–water partition coefficient (Wildman–Crippen LogP) is 3.68. The summed E-state index contributed by atoms with van der Waals surface area (Å²) >= 11 is 0. The minimum atomic E-state index is -1.05. The lowest BCUT2D eigenvalue weighted by Gasteiger charge is -2.61. The van der Waals surface area contributed by atoms with Gasteiger partial charge in [0.1, 0.15) is 0 Å². The summed E-state index contributed by atoms with van der Waals surface area (Å²) in [6.45, 7) is 8.58. The van der Waals surface area contributed by atoms with Crippen LogP contribution in [0.15, 0.2) is 23.8 Å². The number of aliphatic carboxylic acids is 1. The molecule has 7 atom stereocenters. The molecule has 6 heteroatoms. The van der Waals surface area contributed by atoms with E-state index in [0.29, 0.717) is 18.4 Å². The highest BCUT2D eigenvalue weighted by atomic mass is 16.5. The number of hydrogen-bond donors (Lipinski definition) is 2. The van der Waals surface area contributed by atoms with E-state index >= 15 is 0 Å². The van der Waals surface area contributed by atoms with Crippen molar-refractivity contribution in [2.24, 2.45) is 34.5 Å². The summed E-state index contributed by atoms with van der Waals surface area (Å²) in [5, 5.41) is 20.8. The lowest BCUT2D eigenvalue weighted by molar-refractivity contribution is -0.164. The number of ketones is 1. The number of ether oxygens (including phenoxy) is 1. The van der Waals surface area contributed by atoms with Gasteiger partial charge in [-0.2, -0.15) is 0 Å². The van der Waals surface area contributed by atoms with Gasteiger partial charge in [-0.05, 0) is 84.3 Å². The molecule has 0 amide bonds. The average molecular weight is 431 g/mol. The Labute approximate surface area is 183 Å². The number of esters is 1. The van der Waals surface area contributed by atoms with Gasteiger partial charge in [-0.15, -0.1) is 0 Å². The molecule has 2 N–H and O–H groups in total. The Hall–Kier alpha value is -1.95. The maximum absolute atomic E-state index is 13.0. The zero-order valence-corrected chi connectivity index (χ0v) is 18.8. The second kappa shape index (κ2) is 7.29. The van der Waals surface area contributed by atoms with Crippen LogP contribution in [0, 0.1) is 34.5 Å². The lowest BCUT2D eigenvalue weighted by Crippen LogP contribution is -2.58. The molecular weight excluding hydrogens is 396 g/mol. The van der Waals surface area contributed by atoms with Crippen LogP contribution < -0.4 is 0 Å². The van der Waals surface area contributed by atoms with Crippen molar-refractivity contribution in [3.63, 3.8) is 0 Å². The lowest BCUT2D eigenvalue weighted by atomic mass is 9.43. The van der Waals surface area contributed by atoms with Gasteiger partial charge in [0.25, 0.3) is 0 Å². The van der Waals surface area contributed by atoms with Crippen molar-refractivity contribution in [3.05, 3.63) is 23.8 Å². The fourth-order valence-electron chi connectivity index (χ4n) is 7.83. The van der Waals surface area contributed by atoms with Crippen LogP contribution in [0.3, 0.4) is 0 Å². The molecule has 0 aliphatic heterocycles. The van der Waals surface area contributed by atoms with Crippen molar-refractivity contribution in [1.29, 1.82) is 0 Å². The van der Waals surface area contributed by atoms with Crippen molar-refractivity contribution < 1.29 is 29.3 Å². The summed E-state index contributed by atoms with van der Waals surface area (Å²) in [5.41, 5.74) is -0.138. The van der Waals surface area contributed by atoms with E-state index in [-0.39, 0.29) is 47.8 Å². The Balaban J connectivity index is 1.79. The van der Waals surface area contributed by atoms with E-state index in [4.69, 9.17) is 4.74 Å². The molecule has 3 fully saturated rings. The summed E-state index contributed by atoms with van der Waals surface area (Å²) in [6.07, 6.45) is 6.03. The maximum atomic E-state index is 13.0. The van der Waals surface area contributed by atoms with Gasteiger partial charge in [0, 0.05) is 12.8 Å². The minimum Gasteiger partial charge on any atom is -0.481 e. The van der Waals surface area contributed by atoms with Gasteiger partial charge in [0.15, 0.2) is 5.78 Å². The Bertz CT molecular complexity index is 873. The molecule has 0 bridgehead atoms. The number of rotatable bonds is 4. The fraction of sp³-hybridized carbons (Fsp3) is 0.720. The van der Waals surface area contributed by atoms with Gasteiger partial charge in [-0.3, -0.25) is 14.4 Å². The predicted molar refractivity (Wildman–Crippen MR) is 114 cm³/mol. The highest BCUT2D eigenvalue weighted by molar-refractivity contribution is 5.93. The van der Waals surface area contributed by atoms with E-state index < -0.39 is 22.9 Å². The first-order valence-corrected chi connectivity index (χ1v) is 11.4. The highest BCUT2D eigenvalue weighted by Gasteiger charge is 2.67. The summed E-state index contributed by atoms with van der Waals surface area (Å²) in [4.78, 5) is 36.5. The number of carbonyl (C=O) groups excluding carboxylic acids is 2. The minimum absolute atomic E-state index is 0.0343. The largest absolute Gasteiger partial charge is 0.481 e. The van der Waals surface area contributed by atoms with E-state index in [2.05, 4.69) is 20.4 Å². The second-order valence-electron chi connectivity index (χ2n) is 10.7. The van der Waals surface area contributed by atoms with Crippen molar-refractivity contribution in [2.75, 3.05) is 7.11 Å². The molecule has 0 aromatic heterocycles. The number of carboxylic acid groups (broad SMARTS) is 1. The van der Waals surface area contributed by atoms with Gasteiger partial charge in [0.05, 0.1) is 18.6 Å². The van der Waals surface area contributed by atoms with E-state index in [1.54, 1.807) is 6.08 Å². The fourth-order valence-corrected chi connectivity index (χ4v) is 7.83. The third-order valence-electron chi connectivity index (χ3n) is 9.60. The van der Waals surface area contributed by atoms with Crippen LogP contribution in [0.2, 0.25) is 0 Å². The molecule has 4 aliphatic carbocycles. The molecule has 0 heterocycles. The molecule has 0 aromatic carbocycles. The average Bonchev–Trinajstić information content (AvgIpc) is 2.99. The quantitative estimate of drug-likeness (QED) is 0.660. The molecule has 0 spiro atoms. The third-order valence-corrected chi connectivity index (χ3v) is 9.60. The van der Waals surface area contributed by atoms with E-state index in [1.807, 2.05) is 0 Å². The third kappa shape index (κ3) is 3.05. The zero-order chi connectivity index (χ0) is 22.8. The molecule has 3 saturated carbocycles. The van der Waals surface area contributed by atoms with Crippen molar-refractivity contribution in [1.82, 2.24) is 0 Å². The Morgan fingerprint density at radius 1 is 1.19 bits per heavy atom. The van der Waals surface area contributed by atoms with E-state index in [1.165, 1.54) is 7.11 Å². The number of hydrogen-bond acceptors (Lipinski definition) is 5. The number of allylic oxidation sites excluding steroid dienone is 1. The van der Waals surface area contributed by atoms with Crippen LogP contribution in [0.1, 0.15) is 65.2 Å². The number of carboxylic acids is 1. The smallest absolute Gasteiger partial charge is 0.313 e. The maximum Gasteiger partial charge on any atom is 0.313 e. The monoisotopic (exact) mass is 430 g/mol. The first kappa shape index (κ1) is 22.3. The molecule has 1 unspecified atom stereocenters. The molecule has 170 valence electrons. The van der Waals surface area contributed by atoms with E-state index in [0.717, 1.165) is 31.3 Å². The normalized spacial score (nSPS) is 44.1. The molecular formula is C25H34O6. The number of aliphatic hydroxyl groups is 1. The first-order valence-electron chi connectivity index (χ1n) is 11.4. The summed E-state index contributed by atoms with van der Waals surface area (Å²) < 4.78 is 5.21. The molecule has 4 aliphatic rings. The van der Waals surface area contributed by atoms with Crippen molar-refractivity contribution >= 4 is 17.7 Å². The Kier molecular flexibility index (Phi) is 5.23. The summed E-state index contributed by atoms with van der Waals surface area (Å²) in [5.74, 6) is -1.45. The number of fused-ring (bicyclic) bond motifs is 5. The molecule has 0 radical (unpaired) electrons.